The van der Waals surface area contributed by atoms with Crippen LogP contribution < -0.4 is 5.73 Å². The van der Waals surface area contributed by atoms with E-state index in [4.69, 9.17) is 15.4 Å². The van der Waals surface area contributed by atoms with Crippen molar-refractivity contribution >= 4 is 0 Å². The predicted molar refractivity (Wildman–Crippen MR) is 31.3 cm³/mol. The summed E-state index contributed by atoms with van der Waals surface area (Å²) in [7, 11) is 0. The molecule has 0 spiro atoms. The van der Waals surface area contributed by atoms with Crippen molar-refractivity contribution in [2.24, 2.45) is 5.73 Å². The Morgan fingerprint density at radius 1 is 1.67 bits per heavy atom. The van der Waals surface area contributed by atoms with Gasteiger partial charge >= 0.3 is 0 Å². The number of hydrogen-bond donors (Lipinski definition) is 1. The van der Waals surface area contributed by atoms with Crippen molar-refractivity contribution in [2.75, 3.05) is 0 Å². The summed E-state index contributed by atoms with van der Waals surface area (Å²) in [5.41, 5.74) is 5.21. The van der Waals surface area contributed by atoms with Crippen molar-refractivity contribution in [3.05, 3.63) is 23.7 Å². The third kappa shape index (κ3) is 1.09. The van der Waals surface area contributed by atoms with Crippen LogP contribution in [0.1, 0.15) is 11.5 Å². The normalized spacial score (nSPS) is 8.89. The zero-order valence-corrected chi connectivity index (χ0v) is 4.79. The van der Waals surface area contributed by atoms with Gasteiger partial charge in [0, 0.05) is 0 Å². The summed E-state index contributed by atoms with van der Waals surface area (Å²) in [5, 5.41) is 8.26. The molecular formula is C6H6N2O. The third-order valence-corrected chi connectivity index (χ3v) is 0.973. The first-order chi connectivity index (χ1) is 4.36. The Kier molecular flexibility index (Phi) is 1.52. The molecule has 0 aromatic carbocycles. The molecule has 0 saturated carbocycles. The number of hydrogen-bond acceptors (Lipinski definition) is 3. The number of nitriles is 1. The van der Waals surface area contributed by atoms with Crippen molar-refractivity contribution in [3.8, 4) is 6.07 Å². The van der Waals surface area contributed by atoms with Gasteiger partial charge < -0.3 is 10.2 Å². The van der Waals surface area contributed by atoms with Gasteiger partial charge in [0.15, 0.2) is 0 Å². The quantitative estimate of drug-likeness (QED) is 0.593. The molecule has 1 heterocycles. The minimum Gasteiger partial charge on any atom is -0.449 e. The highest BCUT2D eigenvalue weighted by atomic mass is 16.3. The van der Waals surface area contributed by atoms with Crippen LogP contribution in [-0.4, -0.2) is 0 Å². The Morgan fingerprint density at radius 3 is 2.78 bits per heavy atom. The predicted octanol–water partition coefficient (Wildman–Crippen LogP) is 0.610. The van der Waals surface area contributed by atoms with Crippen LogP contribution in [0.3, 0.4) is 0 Å². The van der Waals surface area contributed by atoms with E-state index in [0.29, 0.717) is 18.1 Å². The van der Waals surface area contributed by atoms with Crippen LogP contribution in [-0.2, 0) is 6.54 Å². The maximum atomic E-state index is 8.26. The summed E-state index contributed by atoms with van der Waals surface area (Å²) in [6, 6.07) is 5.15. The number of furan rings is 1. The Bertz CT molecular complexity index is 233. The minimum absolute atomic E-state index is 0.315. The monoisotopic (exact) mass is 122 g/mol. The lowest BCUT2D eigenvalue weighted by atomic mass is 10.4. The fourth-order valence-corrected chi connectivity index (χ4v) is 0.548. The van der Waals surface area contributed by atoms with Gasteiger partial charge in [0.1, 0.15) is 11.8 Å². The minimum atomic E-state index is 0.315. The molecule has 0 amide bonds. The van der Waals surface area contributed by atoms with Gasteiger partial charge in [-0.3, -0.25) is 0 Å². The average Bonchev–Trinajstić information content (AvgIpc) is 2.34. The van der Waals surface area contributed by atoms with Crippen LogP contribution in [0.5, 0.6) is 0 Å². The first-order valence-corrected chi connectivity index (χ1v) is 2.55. The summed E-state index contributed by atoms with van der Waals surface area (Å²) in [4.78, 5) is 0. The highest BCUT2D eigenvalue weighted by molar-refractivity contribution is 5.18. The molecule has 9 heavy (non-hydrogen) atoms. The van der Waals surface area contributed by atoms with Gasteiger partial charge in [-0.1, -0.05) is 0 Å². The number of rotatable bonds is 1. The Hall–Kier alpha value is -1.27. The zero-order chi connectivity index (χ0) is 6.69. The summed E-state index contributed by atoms with van der Waals surface area (Å²) >= 11 is 0. The van der Waals surface area contributed by atoms with Gasteiger partial charge in [0.05, 0.1) is 6.54 Å². The van der Waals surface area contributed by atoms with E-state index in [-0.39, 0.29) is 0 Å². The highest BCUT2D eigenvalue weighted by Gasteiger charge is 1.95. The molecule has 3 heteroatoms. The Morgan fingerprint density at radius 2 is 2.44 bits per heavy atom. The van der Waals surface area contributed by atoms with E-state index >= 15 is 0 Å². The van der Waals surface area contributed by atoms with Crippen molar-refractivity contribution in [3.63, 3.8) is 0 Å². The van der Waals surface area contributed by atoms with Gasteiger partial charge in [-0.25, -0.2) is 0 Å². The summed E-state index contributed by atoms with van der Waals surface area (Å²) < 4.78 is 4.90. The zero-order valence-electron chi connectivity index (χ0n) is 4.79. The van der Waals surface area contributed by atoms with Gasteiger partial charge in [-0.2, -0.15) is 5.26 Å². The molecule has 1 rings (SSSR count). The second kappa shape index (κ2) is 2.33. The molecule has 0 bridgehead atoms. The van der Waals surface area contributed by atoms with Crippen LogP contribution in [0.25, 0.3) is 0 Å². The molecule has 0 radical (unpaired) electrons. The molecule has 0 saturated heterocycles. The molecular weight excluding hydrogens is 116 g/mol. The van der Waals surface area contributed by atoms with Gasteiger partial charge in [-0.15, -0.1) is 0 Å². The van der Waals surface area contributed by atoms with Crippen LogP contribution in [0.4, 0.5) is 0 Å². The molecule has 1 aromatic heterocycles. The van der Waals surface area contributed by atoms with E-state index in [2.05, 4.69) is 0 Å². The van der Waals surface area contributed by atoms with E-state index < -0.39 is 0 Å². The van der Waals surface area contributed by atoms with Crippen LogP contribution >= 0.6 is 0 Å². The fourth-order valence-electron chi connectivity index (χ4n) is 0.548. The largest absolute Gasteiger partial charge is 0.449 e. The smallest absolute Gasteiger partial charge is 0.203 e. The molecule has 3 nitrogen and oxygen atoms in total. The third-order valence-electron chi connectivity index (χ3n) is 0.973. The van der Waals surface area contributed by atoms with Gasteiger partial charge in [0.2, 0.25) is 5.76 Å². The summed E-state index contributed by atoms with van der Waals surface area (Å²) in [6.45, 7) is 0.349. The van der Waals surface area contributed by atoms with Crippen molar-refractivity contribution in [2.45, 2.75) is 6.54 Å². The summed E-state index contributed by atoms with van der Waals surface area (Å²) in [6.07, 6.45) is 0. The lowest BCUT2D eigenvalue weighted by Gasteiger charge is -1.82. The molecule has 2 N–H and O–H groups in total. The number of nitrogens with zero attached hydrogens (tertiary/aromatic N) is 1. The van der Waals surface area contributed by atoms with E-state index in [0.717, 1.165) is 0 Å². The Balaban J connectivity index is 2.90. The SMILES string of the molecule is N#Cc1ccc(CN)o1. The topological polar surface area (TPSA) is 63.0 Å². The summed E-state index contributed by atoms with van der Waals surface area (Å²) in [5.74, 6) is 0.960. The highest BCUT2D eigenvalue weighted by Crippen LogP contribution is 2.04. The Labute approximate surface area is 52.7 Å². The molecule has 46 valence electrons. The van der Waals surface area contributed by atoms with Crippen molar-refractivity contribution in [1.29, 1.82) is 5.26 Å². The van der Waals surface area contributed by atoms with E-state index in [9.17, 15) is 0 Å². The molecule has 0 aliphatic carbocycles. The first kappa shape index (κ1) is 5.86. The van der Waals surface area contributed by atoms with Crippen molar-refractivity contribution < 1.29 is 4.42 Å². The van der Waals surface area contributed by atoms with Crippen LogP contribution in [0.15, 0.2) is 16.5 Å². The fraction of sp³-hybridized carbons (Fsp3) is 0.167. The molecule has 0 fully saturated rings. The lowest BCUT2D eigenvalue weighted by Crippen LogP contribution is -1.92. The lowest BCUT2D eigenvalue weighted by molar-refractivity contribution is 0.500. The van der Waals surface area contributed by atoms with Crippen LogP contribution in [0.2, 0.25) is 0 Å². The maximum Gasteiger partial charge on any atom is 0.203 e. The number of nitrogens with two attached hydrogens (primary N) is 1. The van der Waals surface area contributed by atoms with E-state index in [1.54, 1.807) is 12.1 Å². The van der Waals surface area contributed by atoms with E-state index in [1.165, 1.54) is 0 Å². The first-order valence-electron chi connectivity index (χ1n) is 2.55. The van der Waals surface area contributed by atoms with Gasteiger partial charge in [-0.05, 0) is 12.1 Å². The van der Waals surface area contributed by atoms with Gasteiger partial charge in [0.25, 0.3) is 0 Å². The molecule has 1 aromatic rings. The second-order valence-electron chi connectivity index (χ2n) is 1.58. The standard InChI is InChI=1S/C6H6N2O/c7-3-5-1-2-6(4-8)9-5/h1-2H,3,7H2. The van der Waals surface area contributed by atoms with Crippen LogP contribution in [0, 0.1) is 11.3 Å². The van der Waals surface area contributed by atoms with E-state index in [1.807, 2.05) is 6.07 Å². The average molecular weight is 122 g/mol. The molecule has 0 aliphatic rings. The molecule has 0 unspecified atom stereocenters. The molecule has 0 aliphatic heterocycles. The molecule has 0 atom stereocenters. The second-order valence-corrected chi connectivity index (χ2v) is 1.58. The van der Waals surface area contributed by atoms with Crippen molar-refractivity contribution in [1.82, 2.24) is 0 Å². The maximum absolute atomic E-state index is 8.26.